The highest BCUT2D eigenvalue weighted by molar-refractivity contribution is 5.87. The lowest BCUT2D eigenvalue weighted by Gasteiger charge is -2.35. The summed E-state index contributed by atoms with van der Waals surface area (Å²) in [7, 11) is 1.62. The summed E-state index contributed by atoms with van der Waals surface area (Å²) in [6, 6.07) is 13.8. The molecular weight excluding hydrogens is 416 g/mol. The first-order chi connectivity index (χ1) is 15.9. The van der Waals surface area contributed by atoms with E-state index in [2.05, 4.69) is 55.5 Å². The zero-order valence-corrected chi connectivity index (χ0v) is 19.8. The number of nitrogens with zero attached hydrogens (tertiary/aromatic N) is 3. The van der Waals surface area contributed by atoms with Crippen molar-refractivity contribution >= 4 is 11.6 Å². The Morgan fingerprint density at radius 1 is 1.09 bits per heavy atom. The minimum atomic E-state index is -0.397. The van der Waals surface area contributed by atoms with Gasteiger partial charge in [0.05, 0.1) is 24.8 Å². The quantitative estimate of drug-likeness (QED) is 0.549. The van der Waals surface area contributed by atoms with Crippen molar-refractivity contribution in [1.82, 2.24) is 20.4 Å². The predicted octanol–water partition coefficient (Wildman–Crippen LogP) is 5.06. The molecule has 0 spiro atoms. The molecule has 1 aliphatic rings. The van der Waals surface area contributed by atoms with Crippen molar-refractivity contribution in [1.29, 1.82) is 0 Å². The Hall–Kier alpha value is -3.45. The number of benzene rings is 2. The van der Waals surface area contributed by atoms with Crippen LogP contribution in [0.2, 0.25) is 0 Å². The Bertz CT molecular complexity index is 1180. The fraction of sp³-hybridized carbons (Fsp3) is 0.346. The SMILES string of the molecule is CCc1ccc(-c2noc(C3=C(C)N(CCOC)C(=O)NC3c3ccc(C)c(C)c3)n2)cc1. The molecule has 2 heterocycles. The van der Waals surface area contributed by atoms with Gasteiger partial charge in [-0.25, -0.2) is 4.79 Å². The molecule has 1 N–H and O–H groups in total. The lowest BCUT2D eigenvalue weighted by molar-refractivity contribution is 0.158. The number of aromatic nitrogens is 2. The van der Waals surface area contributed by atoms with Gasteiger partial charge in [-0.2, -0.15) is 4.98 Å². The van der Waals surface area contributed by atoms with Crippen molar-refractivity contribution in [2.75, 3.05) is 20.3 Å². The van der Waals surface area contributed by atoms with Gasteiger partial charge in [0.15, 0.2) is 0 Å². The molecule has 1 atom stereocenters. The average Bonchev–Trinajstić information content (AvgIpc) is 3.30. The Kier molecular flexibility index (Phi) is 6.60. The monoisotopic (exact) mass is 446 g/mol. The first kappa shape index (κ1) is 22.7. The van der Waals surface area contributed by atoms with Gasteiger partial charge in [-0.3, -0.25) is 4.90 Å². The molecule has 1 aromatic heterocycles. The topological polar surface area (TPSA) is 80.5 Å². The number of hydrogen-bond acceptors (Lipinski definition) is 5. The van der Waals surface area contributed by atoms with Crippen molar-refractivity contribution in [3.05, 3.63) is 76.3 Å². The third-order valence-electron chi connectivity index (χ3n) is 6.26. The summed E-state index contributed by atoms with van der Waals surface area (Å²) in [6.07, 6.45) is 0.971. The Morgan fingerprint density at radius 3 is 2.52 bits per heavy atom. The van der Waals surface area contributed by atoms with Gasteiger partial charge in [-0.1, -0.05) is 54.5 Å². The molecule has 4 rings (SSSR count). The molecule has 33 heavy (non-hydrogen) atoms. The summed E-state index contributed by atoms with van der Waals surface area (Å²) in [5.74, 6) is 0.917. The van der Waals surface area contributed by atoms with Crippen LogP contribution in [-0.4, -0.2) is 41.3 Å². The molecule has 0 aliphatic carbocycles. The van der Waals surface area contributed by atoms with Gasteiger partial charge < -0.3 is 14.6 Å². The normalized spacial score (nSPS) is 16.3. The molecule has 1 aliphatic heterocycles. The van der Waals surface area contributed by atoms with E-state index in [0.29, 0.717) is 24.9 Å². The summed E-state index contributed by atoms with van der Waals surface area (Å²) in [6.45, 7) is 9.02. The minimum Gasteiger partial charge on any atom is -0.383 e. The zero-order chi connectivity index (χ0) is 23.5. The van der Waals surface area contributed by atoms with E-state index in [0.717, 1.165) is 34.4 Å². The van der Waals surface area contributed by atoms with E-state index in [1.807, 2.05) is 25.1 Å². The third-order valence-corrected chi connectivity index (χ3v) is 6.26. The molecule has 7 nitrogen and oxygen atoms in total. The van der Waals surface area contributed by atoms with E-state index in [9.17, 15) is 4.79 Å². The second-order valence-electron chi connectivity index (χ2n) is 8.34. The van der Waals surface area contributed by atoms with Crippen LogP contribution >= 0.6 is 0 Å². The Balaban J connectivity index is 1.78. The smallest absolute Gasteiger partial charge is 0.322 e. The van der Waals surface area contributed by atoms with Crippen LogP contribution in [0.25, 0.3) is 17.0 Å². The molecule has 0 saturated heterocycles. The van der Waals surface area contributed by atoms with E-state index < -0.39 is 6.04 Å². The number of urea groups is 1. The summed E-state index contributed by atoms with van der Waals surface area (Å²) in [5, 5.41) is 7.37. The second-order valence-corrected chi connectivity index (χ2v) is 8.34. The molecule has 172 valence electrons. The first-order valence-electron chi connectivity index (χ1n) is 11.2. The van der Waals surface area contributed by atoms with Crippen LogP contribution < -0.4 is 5.32 Å². The molecule has 3 aromatic rings. The third kappa shape index (κ3) is 4.54. The van der Waals surface area contributed by atoms with Crippen LogP contribution in [-0.2, 0) is 11.2 Å². The number of methoxy groups -OCH3 is 1. The van der Waals surface area contributed by atoms with Crippen molar-refractivity contribution in [2.24, 2.45) is 0 Å². The number of aryl methyl sites for hydroxylation is 3. The van der Waals surface area contributed by atoms with Crippen molar-refractivity contribution in [3.63, 3.8) is 0 Å². The number of carbonyl (C=O) groups excluding carboxylic acids is 1. The number of hydrogen-bond donors (Lipinski definition) is 1. The van der Waals surface area contributed by atoms with E-state index in [-0.39, 0.29) is 6.03 Å². The Labute approximate surface area is 194 Å². The highest BCUT2D eigenvalue weighted by Gasteiger charge is 2.35. The molecule has 0 radical (unpaired) electrons. The van der Waals surface area contributed by atoms with Crippen molar-refractivity contribution < 1.29 is 14.1 Å². The molecule has 2 aromatic carbocycles. The Morgan fingerprint density at radius 2 is 1.85 bits per heavy atom. The number of allylic oxidation sites excluding steroid dienone is 1. The van der Waals surface area contributed by atoms with Crippen molar-refractivity contribution in [2.45, 2.75) is 40.2 Å². The fourth-order valence-electron chi connectivity index (χ4n) is 4.04. The second kappa shape index (κ2) is 9.58. The summed E-state index contributed by atoms with van der Waals surface area (Å²) >= 11 is 0. The largest absolute Gasteiger partial charge is 0.383 e. The molecular formula is C26H30N4O3. The van der Waals surface area contributed by atoms with Crippen LogP contribution in [0.4, 0.5) is 4.79 Å². The van der Waals surface area contributed by atoms with Crippen LogP contribution in [0.5, 0.6) is 0 Å². The fourth-order valence-corrected chi connectivity index (χ4v) is 4.04. The average molecular weight is 447 g/mol. The molecule has 7 heteroatoms. The molecule has 0 saturated carbocycles. The van der Waals surface area contributed by atoms with Crippen LogP contribution in [0.1, 0.15) is 48.0 Å². The van der Waals surface area contributed by atoms with E-state index in [1.54, 1.807) is 12.0 Å². The molecule has 2 amide bonds. The predicted molar refractivity (Wildman–Crippen MR) is 127 cm³/mol. The number of carbonyl (C=O) groups is 1. The summed E-state index contributed by atoms with van der Waals surface area (Å²) in [5.41, 5.74) is 7.02. The van der Waals surface area contributed by atoms with Gasteiger partial charge in [0.25, 0.3) is 5.89 Å². The summed E-state index contributed by atoms with van der Waals surface area (Å²) < 4.78 is 11.0. The van der Waals surface area contributed by atoms with Crippen molar-refractivity contribution in [3.8, 4) is 11.4 Å². The van der Waals surface area contributed by atoms with Gasteiger partial charge in [-0.05, 0) is 49.4 Å². The van der Waals surface area contributed by atoms with Gasteiger partial charge in [0.2, 0.25) is 5.82 Å². The van der Waals surface area contributed by atoms with E-state index >= 15 is 0 Å². The van der Waals surface area contributed by atoms with Crippen LogP contribution in [0.3, 0.4) is 0 Å². The highest BCUT2D eigenvalue weighted by Crippen LogP contribution is 2.37. The highest BCUT2D eigenvalue weighted by atomic mass is 16.5. The van der Waals surface area contributed by atoms with E-state index in [1.165, 1.54) is 11.1 Å². The standard InChI is InChI=1S/C26H30N4O3/c1-6-19-8-11-20(12-9-19)24-28-25(33-29-24)22-18(4)30(13-14-32-5)26(31)27-23(22)21-10-7-16(2)17(3)15-21/h7-12,15,23H,6,13-14H2,1-5H3,(H,27,31). The lowest BCUT2D eigenvalue weighted by Crippen LogP contribution is -2.47. The number of rotatable bonds is 7. The maximum Gasteiger partial charge on any atom is 0.322 e. The number of ether oxygens (including phenoxy) is 1. The molecule has 0 fully saturated rings. The van der Waals surface area contributed by atoms with Gasteiger partial charge >= 0.3 is 6.03 Å². The van der Waals surface area contributed by atoms with E-state index in [4.69, 9.17) is 14.2 Å². The summed E-state index contributed by atoms with van der Waals surface area (Å²) in [4.78, 5) is 19.4. The van der Waals surface area contributed by atoms with Gasteiger partial charge in [-0.15, -0.1) is 0 Å². The molecule has 1 unspecified atom stereocenters. The van der Waals surface area contributed by atoms with Gasteiger partial charge in [0, 0.05) is 18.4 Å². The maximum absolute atomic E-state index is 13.0. The first-order valence-corrected chi connectivity index (χ1v) is 11.2. The minimum absolute atomic E-state index is 0.175. The van der Waals surface area contributed by atoms with Crippen LogP contribution in [0, 0.1) is 13.8 Å². The lowest BCUT2D eigenvalue weighted by atomic mass is 9.92. The molecule has 0 bridgehead atoms. The van der Waals surface area contributed by atoms with Crippen LogP contribution in [0.15, 0.2) is 52.7 Å². The number of amides is 2. The maximum atomic E-state index is 13.0. The van der Waals surface area contributed by atoms with Gasteiger partial charge in [0.1, 0.15) is 0 Å². The zero-order valence-electron chi connectivity index (χ0n) is 19.8. The number of nitrogens with one attached hydrogen (secondary N) is 1.